The second-order valence-electron chi connectivity index (χ2n) is 6.50. The van der Waals surface area contributed by atoms with Gasteiger partial charge in [-0.25, -0.2) is 9.97 Å². The number of anilines is 1. The zero-order chi connectivity index (χ0) is 22.0. The Morgan fingerprint density at radius 2 is 1.77 bits per heavy atom. The molecule has 0 aliphatic heterocycles. The molecule has 0 radical (unpaired) electrons. The van der Waals surface area contributed by atoms with E-state index in [1.165, 1.54) is 24.5 Å². The number of nitrogens with zero attached hydrogens (tertiary/aromatic N) is 2. The predicted molar refractivity (Wildman–Crippen MR) is 110 cm³/mol. The lowest BCUT2D eigenvalue weighted by Crippen LogP contribution is -2.13. The van der Waals surface area contributed by atoms with E-state index in [0.29, 0.717) is 22.1 Å². The molecule has 4 rings (SSSR count). The first kappa shape index (κ1) is 20.6. The summed E-state index contributed by atoms with van der Waals surface area (Å²) in [5.74, 6) is 0.205. The smallest absolute Gasteiger partial charge is 0.416 e. The molecule has 0 aliphatic carbocycles. The second-order valence-corrected chi connectivity index (χ2v) is 6.89. The van der Waals surface area contributed by atoms with Crippen molar-refractivity contribution in [3.8, 4) is 11.6 Å². The molecule has 156 valence electrons. The molecule has 1 N–H and O–H groups in total. The van der Waals surface area contributed by atoms with Gasteiger partial charge in [-0.1, -0.05) is 29.8 Å². The Kier molecular flexibility index (Phi) is 5.48. The molecule has 1 heterocycles. The van der Waals surface area contributed by atoms with E-state index in [2.05, 4.69) is 15.3 Å². The van der Waals surface area contributed by atoms with Gasteiger partial charge in [-0.2, -0.15) is 13.2 Å². The fourth-order valence-electron chi connectivity index (χ4n) is 2.99. The molecule has 3 aromatic carbocycles. The number of ether oxygens (including phenoxy) is 1. The number of carbonyl (C=O) groups is 1. The zero-order valence-electron chi connectivity index (χ0n) is 15.7. The third kappa shape index (κ3) is 4.75. The first-order valence-corrected chi connectivity index (χ1v) is 9.34. The lowest BCUT2D eigenvalue weighted by molar-refractivity contribution is -0.137. The topological polar surface area (TPSA) is 64.1 Å². The Hall–Kier alpha value is -3.65. The normalized spacial score (nSPS) is 11.4. The predicted octanol–water partition coefficient (Wildman–Crippen LogP) is 6.35. The summed E-state index contributed by atoms with van der Waals surface area (Å²) in [7, 11) is 0. The summed E-state index contributed by atoms with van der Waals surface area (Å²) in [6, 6.07) is 16.1. The van der Waals surface area contributed by atoms with E-state index in [4.69, 9.17) is 16.3 Å². The van der Waals surface area contributed by atoms with Crippen molar-refractivity contribution in [2.75, 3.05) is 5.32 Å². The maximum atomic E-state index is 12.9. The van der Waals surface area contributed by atoms with Crippen molar-refractivity contribution in [3.05, 3.63) is 89.3 Å². The van der Waals surface area contributed by atoms with Crippen LogP contribution in [-0.4, -0.2) is 15.9 Å². The summed E-state index contributed by atoms with van der Waals surface area (Å²) in [6.45, 7) is 0. The van der Waals surface area contributed by atoms with Gasteiger partial charge in [-0.15, -0.1) is 0 Å². The highest BCUT2D eigenvalue weighted by molar-refractivity contribution is 6.29. The van der Waals surface area contributed by atoms with E-state index in [0.717, 1.165) is 12.1 Å². The first-order chi connectivity index (χ1) is 14.8. The van der Waals surface area contributed by atoms with Gasteiger partial charge in [0.15, 0.2) is 0 Å². The van der Waals surface area contributed by atoms with E-state index in [1.807, 2.05) is 0 Å². The van der Waals surface area contributed by atoms with Crippen molar-refractivity contribution in [1.29, 1.82) is 0 Å². The van der Waals surface area contributed by atoms with Crippen LogP contribution in [0.1, 0.15) is 15.9 Å². The minimum atomic E-state index is -4.50. The Balaban J connectivity index is 1.60. The third-order valence-corrected chi connectivity index (χ3v) is 4.58. The van der Waals surface area contributed by atoms with Gasteiger partial charge >= 0.3 is 6.18 Å². The Morgan fingerprint density at radius 1 is 0.968 bits per heavy atom. The van der Waals surface area contributed by atoms with Crippen LogP contribution < -0.4 is 10.1 Å². The van der Waals surface area contributed by atoms with E-state index >= 15 is 0 Å². The number of fused-ring (bicyclic) bond motifs is 1. The molecular formula is C22H13ClF3N3O2. The molecule has 4 aromatic rings. The number of alkyl halides is 3. The number of carbonyl (C=O) groups excluding carboxylic acids is 1. The standard InChI is InChI=1S/C22H13ClF3N3O2/c23-19-11-20(28-12-27-19)31-16-7-8-17-13(9-16)3-1-6-18(17)21(30)29-15-5-2-4-14(10-15)22(24,25)26/h1-12H,(H,29,30). The highest BCUT2D eigenvalue weighted by Crippen LogP contribution is 2.31. The lowest BCUT2D eigenvalue weighted by Gasteiger charge is -2.12. The number of hydrogen-bond acceptors (Lipinski definition) is 4. The highest BCUT2D eigenvalue weighted by Gasteiger charge is 2.30. The van der Waals surface area contributed by atoms with Crippen molar-refractivity contribution in [2.24, 2.45) is 0 Å². The number of nitrogens with one attached hydrogen (secondary N) is 1. The van der Waals surface area contributed by atoms with E-state index in [-0.39, 0.29) is 16.7 Å². The van der Waals surface area contributed by atoms with E-state index in [9.17, 15) is 18.0 Å². The van der Waals surface area contributed by atoms with Crippen LogP contribution in [0.2, 0.25) is 5.15 Å². The van der Waals surface area contributed by atoms with Crippen LogP contribution in [0.15, 0.2) is 73.1 Å². The monoisotopic (exact) mass is 443 g/mol. The van der Waals surface area contributed by atoms with Crippen molar-refractivity contribution < 1.29 is 22.7 Å². The zero-order valence-corrected chi connectivity index (χ0v) is 16.4. The maximum absolute atomic E-state index is 12.9. The molecule has 5 nitrogen and oxygen atoms in total. The van der Waals surface area contributed by atoms with Crippen molar-refractivity contribution >= 4 is 34.0 Å². The minimum absolute atomic E-state index is 0.0532. The molecule has 0 saturated heterocycles. The molecule has 0 unspecified atom stereocenters. The number of benzene rings is 3. The molecule has 0 bridgehead atoms. The van der Waals surface area contributed by atoms with Gasteiger partial charge in [-0.05, 0) is 53.2 Å². The first-order valence-electron chi connectivity index (χ1n) is 8.96. The van der Waals surface area contributed by atoms with Gasteiger partial charge in [0.05, 0.1) is 5.56 Å². The van der Waals surface area contributed by atoms with Gasteiger partial charge in [0.2, 0.25) is 5.88 Å². The van der Waals surface area contributed by atoms with Gasteiger partial charge < -0.3 is 10.1 Å². The Bertz CT molecular complexity index is 1280. The molecule has 1 aromatic heterocycles. The van der Waals surface area contributed by atoms with Crippen molar-refractivity contribution in [3.63, 3.8) is 0 Å². The van der Waals surface area contributed by atoms with Crippen molar-refractivity contribution in [2.45, 2.75) is 6.18 Å². The summed E-state index contributed by atoms with van der Waals surface area (Å²) in [5, 5.41) is 4.07. The average molecular weight is 444 g/mol. The second kappa shape index (κ2) is 8.23. The van der Waals surface area contributed by atoms with Crippen LogP contribution in [0, 0.1) is 0 Å². The summed E-state index contributed by atoms with van der Waals surface area (Å²) in [5.41, 5.74) is -0.473. The fourth-order valence-corrected chi connectivity index (χ4v) is 3.13. The van der Waals surface area contributed by atoms with E-state index < -0.39 is 17.6 Å². The van der Waals surface area contributed by atoms with Crippen LogP contribution in [-0.2, 0) is 6.18 Å². The number of hydrogen-bond donors (Lipinski definition) is 1. The molecule has 0 fully saturated rings. The van der Waals surface area contributed by atoms with E-state index in [1.54, 1.807) is 36.4 Å². The molecular weight excluding hydrogens is 431 g/mol. The third-order valence-electron chi connectivity index (χ3n) is 4.38. The number of amides is 1. The molecule has 0 atom stereocenters. The highest BCUT2D eigenvalue weighted by atomic mass is 35.5. The van der Waals surface area contributed by atoms with Crippen LogP contribution in [0.25, 0.3) is 10.8 Å². The van der Waals surface area contributed by atoms with Gasteiger partial charge in [0, 0.05) is 17.3 Å². The van der Waals surface area contributed by atoms with Crippen LogP contribution >= 0.6 is 11.6 Å². The summed E-state index contributed by atoms with van der Waals surface area (Å²) < 4.78 is 44.4. The molecule has 0 spiro atoms. The largest absolute Gasteiger partial charge is 0.439 e. The van der Waals surface area contributed by atoms with Gasteiger partial charge in [0.1, 0.15) is 17.2 Å². The summed E-state index contributed by atoms with van der Waals surface area (Å²) >= 11 is 5.82. The molecule has 31 heavy (non-hydrogen) atoms. The molecule has 1 amide bonds. The van der Waals surface area contributed by atoms with Crippen LogP contribution in [0.3, 0.4) is 0 Å². The lowest BCUT2D eigenvalue weighted by atomic mass is 10.0. The quantitative estimate of drug-likeness (QED) is 0.373. The maximum Gasteiger partial charge on any atom is 0.416 e. The van der Waals surface area contributed by atoms with Crippen LogP contribution in [0.4, 0.5) is 18.9 Å². The number of halogens is 4. The van der Waals surface area contributed by atoms with Crippen molar-refractivity contribution in [1.82, 2.24) is 9.97 Å². The fraction of sp³-hybridized carbons (Fsp3) is 0.0455. The number of aromatic nitrogens is 2. The average Bonchev–Trinajstić information content (AvgIpc) is 2.73. The SMILES string of the molecule is O=C(Nc1cccc(C(F)(F)F)c1)c1cccc2cc(Oc3cc(Cl)ncn3)ccc12. The van der Waals surface area contributed by atoms with Crippen LogP contribution in [0.5, 0.6) is 11.6 Å². The summed E-state index contributed by atoms with van der Waals surface area (Å²) in [6.07, 6.45) is -3.22. The summed E-state index contributed by atoms with van der Waals surface area (Å²) in [4.78, 5) is 20.5. The van der Waals surface area contributed by atoms with Gasteiger partial charge in [0.25, 0.3) is 5.91 Å². The Morgan fingerprint density at radius 3 is 2.55 bits per heavy atom. The molecule has 0 saturated carbocycles. The molecule has 0 aliphatic rings. The van der Waals surface area contributed by atoms with Gasteiger partial charge in [-0.3, -0.25) is 4.79 Å². The number of rotatable bonds is 4. The molecule has 9 heteroatoms. The minimum Gasteiger partial charge on any atom is -0.439 e. The Labute approximate surface area is 179 Å².